The lowest BCUT2D eigenvalue weighted by Gasteiger charge is -2.16. The fourth-order valence-corrected chi connectivity index (χ4v) is 8.87. The SMILES string of the molecule is CC(=O)Nc1cc(C(=O)O)cc(C2=C(c3cc(Cl)ccc3OCc3ccccc3)CCC2)c1.CCOC(=O)c1cc(NC(C)=O)cc(C2=C(c3cc(Cl)ccc3OCc3ccccc3)CCC2)c1. The monoisotopic (exact) mass is 950 g/mol. The first-order valence-corrected chi connectivity index (χ1v) is 23.2. The number of anilines is 2. The van der Waals surface area contributed by atoms with Gasteiger partial charge in [0.1, 0.15) is 24.7 Å². The minimum absolute atomic E-state index is 0.127. The normalized spacial score (nSPS) is 13.1. The lowest BCUT2D eigenvalue weighted by Crippen LogP contribution is -2.10. The van der Waals surface area contributed by atoms with Crippen molar-refractivity contribution in [3.05, 3.63) is 188 Å². The molecule has 0 heterocycles. The Balaban J connectivity index is 0.000000202. The van der Waals surface area contributed by atoms with Gasteiger partial charge < -0.3 is 30.0 Å². The highest BCUT2D eigenvalue weighted by molar-refractivity contribution is 6.31. The number of carboxylic acid groups (broad SMARTS) is 1. The molecule has 2 amide bonds. The van der Waals surface area contributed by atoms with Crippen LogP contribution in [-0.2, 0) is 27.5 Å². The molecule has 0 fully saturated rings. The van der Waals surface area contributed by atoms with E-state index in [-0.39, 0.29) is 24.0 Å². The van der Waals surface area contributed by atoms with E-state index in [1.165, 1.54) is 19.9 Å². The maximum atomic E-state index is 12.5. The molecule has 12 heteroatoms. The Labute approximate surface area is 406 Å². The molecule has 0 aliphatic heterocycles. The van der Waals surface area contributed by atoms with Gasteiger partial charge >= 0.3 is 11.9 Å². The van der Waals surface area contributed by atoms with Crippen LogP contribution in [0.3, 0.4) is 0 Å². The van der Waals surface area contributed by atoms with Gasteiger partial charge in [-0.15, -0.1) is 0 Å². The molecule has 0 unspecified atom stereocenters. The molecule has 0 radical (unpaired) electrons. The fraction of sp³-hybridized carbons (Fsp3) is 0.214. The smallest absolute Gasteiger partial charge is 0.338 e. The van der Waals surface area contributed by atoms with Crippen LogP contribution in [0.1, 0.15) is 113 Å². The Morgan fingerprint density at radius 2 is 0.971 bits per heavy atom. The van der Waals surface area contributed by atoms with Gasteiger partial charge in [-0.2, -0.15) is 0 Å². The van der Waals surface area contributed by atoms with Crippen LogP contribution in [-0.4, -0.2) is 35.5 Å². The summed E-state index contributed by atoms with van der Waals surface area (Å²) >= 11 is 12.8. The topological polar surface area (TPSA) is 140 Å². The molecule has 6 aromatic carbocycles. The Bertz CT molecular complexity index is 2890. The van der Waals surface area contributed by atoms with E-state index in [1.807, 2.05) is 109 Å². The third kappa shape index (κ3) is 12.8. The number of carbonyl (C=O) groups is 4. The average Bonchev–Trinajstić information content (AvgIpc) is 4.03. The zero-order valence-electron chi connectivity index (χ0n) is 38.1. The molecule has 10 nitrogen and oxygen atoms in total. The summed E-state index contributed by atoms with van der Waals surface area (Å²) in [5, 5.41) is 16.3. The van der Waals surface area contributed by atoms with E-state index >= 15 is 0 Å². The number of halogens is 2. The molecule has 0 saturated heterocycles. The fourth-order valence-electron chi connectivity index (χ4n) is 8.53. The van der Waals surface area contributed by atoms with Crippen LogP contribution in [0, 0.1) is 0 Å². The summed E-state index contributed by atoms with van der Waals surface area (Å²) < 4.78 is 17.6. The number of carboxylic acids is 1. The second-order valence-electron chi connectivity index (χ2n) is 16.4. The Morgan fingerprint density at radius 3 is 1.40 bits per heavy atom. The number of hydrogen-bond donors (Lipinski definition) is 3. The predicted octanol–water partition coefficient (Wildman–Crippen LogP) is 13.8. The quantitative estimate of drug-likeness (QED) is 0.0865. The summed E-state index contributed by atoms with van der Waals surface area (Å²) in [5.74, 6) is -0.432. The van der Waals surface area contributed by atoms with Crippen molar-refractivity contribution < 1.29 is 38.5 Å². The van der Waals surface area contributed by atoms with E-state index in [0.717, 1.165) is 106 Å². The highest BCUT2D eigenvalue weighted by atomic mass is 35.5. The molecule has 2 aliphatic rings. The van der Waals surface area contributed by atoms with Gasteiger partial charge in [-0.25, -0.2) is 9.59 Å². The second-order valence-corrected chi connectivity index (χ2v) is 17.3. The van der Waals surface area contributed by atoms with Crippen LogP contribution in [0.25, 0.3) is 22.3 Å². The van der Waals surface area contributed by atoms with Gasteiger partial charge in [0.2, 0.25) is 11.8 Å². The number of aromatic carboxylic acids is 1. The van der Waals surface area contributed by atoms with Gasteiger partial charge in [0.15, 0.2) is 0 Å². The van der Waals surface area contributed by atoms with Crippen LogP contribution in [0.4, 0.5) is 11.4 Å². The van der Waals surface area contributed by atoms with Crippen molar-refractivity contribution in [1.29, 1.82) is 0 Å². The van der Waals surface area contributed by atoms with Gasteiger partial charge in [0.25, 0.3) is 0 Å². The molecule has 68 heavy (non-hydrogen) atoms. The van der Waals surface area contributed by atoms with Crippen LogP contribution in [0.5, 0.6) is 11.5 Å². The molecule has 0 spiro atoms. The molecule has 0 aromatic heterocycles. The standard InChI is InChI=1S/C29H28ClNO4.C27H24ClNO4/c1-3-34-29(33)22-14-21(15-24(16-22)31-19(2)32)25-10-7-11-26(25)27-17-23(30)12-13-28(27)35-18-20-8-5-4-6-9-20;1-17(30)29-22-13-19(12-20(14-22)27(31)32)23-8-5-9-24(23)25-15-21(28)10-11-26(25)33-16-18-6-3-2-4-7-18/h4-6,8-9,12-17H,3,7,10-11,18H2,1-2H3,(H,31,32);2-4,6-7,10-15H,5,8-9,16H2,1H3,(H,29,30)(H,31,32). The summed E-state index contributed by atoms with van der Waals surface area (Å²) in [6, 6.07) is 41.5. The van der Waals surface area contributed by atoms with E-state index in [9.17, 15) is 24.3 Å². The van der Waals surface area contributed by atoms with Crippen molar-refractivity contribution in [1.82, 2.24) is 0 Å². The van der Waals surface area contributed by atoms with E-state index in [4.69, 9.17) is 37.4 Å². The molecule has 6 aromatic rings. The molecule has 3 N–H and O–H groups in total. The first-order chi connectivity index (χ1) is 32.8. The predicted molar refractivity (Wildman–Crippen MR) is 270 cm³/mol. The molecule has 0 atom stereocenters. The minimum Gasteiger partial charge on any atom is -0.488 e. The van der Waals surface area contributed by atoms with E-state index in [2.05, 4.69) is 10.6 Å². The molecule has 2 aliphatic carbocycles. The van der Waals surface area contributed by atoms with Gasteiger partial charge in [0, 0.05) is 46.4 Å². The lowest BCUT2D eigenvalue weighted by molar-refractivity contribution is -0.115. The van der Waals surface area contributed by atoms with E-state index in [0.29, 0.717) is 40.2 Å². The Hall–Kier alpha value is -7.14. The van der Waals surface area contributed by atoms with Crippen LogP contribution in [0.2, 0.25) is 10.0 Å². The number of benzene rings is 6. The van der Waals surface area contributed by atoms with Crippen molar-refractivity contribution in [3.63, 3.8) is 0 Å². The van der Waals surface area contributed by atoms with Crippen LogP contribution in [0.15, 0.2) is 133 Å². The van der Waals surface area contributed by atoms with E-state index < -0.39 is 11.9 Å². The zero-order valence-corrected chi connectivity index (χ0v) is 39.6. The summed E-state index contributed by atoms with van der Waals surface area (Å²) in [4.78, 5) is 47.6. The number of esters is 1. The van der Waals surface area contributed by atoms with Crippen molar-refractivity contribution in [2.45, 2.75) is 72.5 Å². The average molecular weight is 952 g/mol. The summed E-state index contributed by atoms with van der Waals surface area (Å²) in [6.07, 6.45) is 5.21. The summed E-state index contributed by atoms with van der Waals surface area (Å²) in [5.41, 5.74) is 11.6. The number of amides is 2. The zero-order chi connectivity index (χ0) is 48.2. The number of hydrogen-bond acceptors (Lipinski definition) is 7. The minimum atomic E-state index is -1.04. The maximum Gasteiger partial charge on any atom is 0.338 e. The third-order valence-electron chi connectivity index (χ3n) is 11.4. The Kier molecular flexibility index (Phi) is 16.5. The molecule has 0 bridgehead atoms. The molecule has 348 valence electrons. The number of ether oxygens (including phenoxy) is 3. The van der Waals surface area contributed by atoms with Crippen LogP contribution >= 0.6 is 23.2 Å². The number of allylic oxidation sites excluding steroid dienone is 4. The highest BCUT2D eigenvalue weighted by Gasteiger charge is 2.25. The van der Waals surface area contributed by atoms with E-state index in [1.54, 1.807) is 25.1 Å². The van der Waals surface area contributed by atoms with Gasteiger partial charge in [-0.3, -0.25) is 9.59 Å². The largest absolute Gasteiger partial charge is 0.488 e. The molecular formula is C56H52Cl2N2O8. The highest BCUT2D eigenvalue weighted by Crippen LogP contribution is 2.46. The molecular weight excluding hydrogens is 900 g/mol. The lowest BCUT2D eigenvalue weighted by atomic mass is 9.94. The molecule has 8 rings (SSSR count). The van der Waals surface area contributed by atoms with Crippen molar-refractivity contribution >= 4 is 80.6 Å². The third-order valence-corrected chi connectivity index (χ3v) is 11.9. The van der Waals surface area contributed by atoms with Crippen molar-refractivity contribution in [2.75, 3.05) is 17.2 Å². The van der Waals surface area contributed by atoms with Crippen LogP contribution < -0.4 is 20.1 Å². The number of nitrogens with one attached hydrogen (secondary N) is 2. The molecule has 0 saturated carbocycles. The number of carbonyl (C=O) groups excluding carboxylic acids is 3. The van der Waals surface area contributed by atoms with Gasteiger partial charge in [-0.05, 0) is 163 Å². The first-order valence-electron chi connectivity index (χ1n) is 22.5. The maximum absolute atomic E-state index is 12.5. The summed E-state index contributed by atoms with van der Waals surface area (Å²) in [6.45, 7) is 5.76. The number of rotatable bonds is 15. The summed E-state index contributed by atoms with van der Waals surface area (Å²) in [7, 11) is 0. The second kappa shape index (κ2) is 23.0. The van der Waals surface area contributed by atoms with Gasteiger partial charge in [0.05, 0.1) is 17.7 Å². The van der Waals surface area contributed by atoms with Crippen molar-refractivity contribution in [3.8, 4) is 11.5 Å². The Morgan fingerprint density at radius 1 is 0.544 bits per heavy atom. The first kappa shape index (κ1) is 48.8. The van der Waals surface area contributed by atoms with Crippen molar-refractivity contribution in [2.24, 2.45) is 0 Å². The van der Waals surface area contributed by atoms with Gasteiger partial charge in [-0.1, -0.05) is 83.9 Å².